The molecular weight excluding hydrogens is 352 g/mol. The van der Waals surface area contributed by atoms with Gasteiger partial charge in [-0.2, -0.15) is 5.10 Å². The third-order valence-corrected chi connectivity index (χ3v) is 6.24. The minimum atomic E-state index is -0.0945. The molecule has 0 N–H and O–H groups in total. The molecule has 2 aromatic rings. The number of ether oxygens (including phenoxy) is 1. The zero-order valence-electron chi connectivity index (χ0n) is 17.0. The highest BCUT2D eigenvalue weighted by Crippen LogP contribution is 2.38. The van der Waals surface area contributed by atoms with E-state index >= 15 is 0 Å². The van der Waals surface area contributed by atoms with Crippen molar-refractivity contribution in [1.29, 1.82) is 0 Å². The first-order valence-corrected chi connectivity index (χ1v) is 10.2. The molecule has 2 aliphatic heterocycles. The fourth-order valence-corrected chi connectivity index (χ4v) is 4.47. The maximum atomic E-state index is 13.0. The van der Waals surface area contributed by atoms with E-state index in [1.54, 1.807) is 6.20 Å². The van der Waals surface area contributed by atoms with E-state index in [9.17, 15) is 4.79 Å². The number of benzene rings is 1. The van der Waals surface area contributed by atoms with E-state index in [2.05, 4.69) is 41.3 Å². The Morgan fingerprint density at radius 2 is 1.93 bits per heavy atom. The summed E-state index contributed by atoms with van der Waals surface area (Å²) in [5.74, 6) is 0.0806. The predicted octanol–water partition coefficient (Wildman–Crippen LogP) is 3.36. The number of hydrogen-bond acceptors (Lipinski definition) is 4. The lowest BCUT2D eigenvalue weighted by Crippen LogP contribution is -2.47. The SMILES string of the molecule is CC(C)n1nccc1C(=O)N1CCC2(CC1)C[C@@H](N(C)c1ccccc1)CO2. The number of para-hydroxylation sites is 1. The van der Waals surface area contributed by atoms with Crippen LogP contribution in [0, 0.1) is 0 Å². The van der Waals surface area contributed by atoms with Crippen molar-refractivity contribution in [3.63, 3.8) is 0 Å². The van der Waals surface area contributed by atoms with Gasteiger partial charge >= 0.3 is 0 Å². The molecule has 1 amide bonds. The van der Waals surface area contributed by atoms with Crippen LogP contribution in [0.25, 0.3) is 0 Å². The molecular formula is C22H30N4O2. The van der Waals surface area contributed by atoms with Crippen LogP contribution in [0.4, 0.5) is 5.69 Å². The summed E-state index contributed by atoms with van der Waals surface area (Å²) < 4.78 is 8.13. The van der Waals surface area contributed by atoms with Crippen LogP contribution in [0.15, 0.2) is 42.6 Å². The smallest absolute Gasteiger partial charge is 0.272 e. The van der Waals surface area contributed by atoms with Crippen molar-refractivity contribution in [3.05, 3.63) is 48.3 Å². The largest absolute Gasteiger partial charge is 0.373 e. The van der Waals surface area contributed by atoms with Crippen LogP contribution in [0.1, 0.15) is 49.6 Å². The third kappa shape index (κ3) is 3.53. The molecule has 2 fully saturated rings. The highest BCUT2D eigenvalue weighted by atomic mass is 16.5. The molecule has 150 valence electrons. The van der Waals surface area contributed by atoms with Gasteiger partial charge in [0.2, 0.25) is 0 Å². The van der Waals surface area contributed by atoms with Gasteiger partial charge in [0.15, 0.2) is 0 Å². The number of likely N-dealkylation sites (N-methyl/N-ethyl adjacent to an activating group) is 1. The average Bonchev–Trinajstić information content (AvgIpc) is 3.36. The van der Waals surface area contributed by atoms with Gasteiger partial charge in [0.1, 0.15) is 5.69 Å². The summed E-state index contributed by atoms with van der Waals surface area (Å²) in [7, 11) is 2.15. The Morgan fingerprint density at radius 1 is 1.21 bits per heavy atom. The van der Waals surface area contributed by atoms with Gasteiger partial charge in [-0.05, 0) is 51.3 Å². The molecule has 2 saturated heterocycles. The van der Waals surface area contributed by atoms with E-state index in [0.29, 0.717) is 11.7 Å². The minimum absolute atomic E-state index is 0.0806. The van der Waals surface area contributed by atoms with Crippen molar-refractivity contribution in [2.75, 3.05) is 31.6 Å². The van der Waals surface area contributed by atoms with Crippen molar-refractivity contribution < 1.29 is 9.53 Å². The first kappa shape index (κ1) is 19.0. The summed E-state index contributed by atoms with van der Waals surface area (Å²) in [6.45, 7) is 6.32. The number of anilines is 1. The Labute approximate surface area is 167 Å². The van der Waals surface area contributed by atoms with Crippen LogP contribution >= 0.6 is 0 Å². The number of hydrogen-bond donors (Lipinski definition) is 0. The second-order valence-electron chi connectivity index (χ2n) is 8.35. The van der Waals surface area contributed by atoms with Crippen LogP contribution in [0.2, 0.25) is 0 Å². The number of piperidine rings is 1. The molecule has 1 spiro atoms. The summed E-state index contributed by atoms with van der Waals surface area (Å²) in [6.07, 6.45) is 4.52. The van der Waals surface area contributed by atoms with Crippen LogP contribution < -0.4 is 4.90 Å². The van der Waals surface area contributed by atoms with Crippen LogP contribution in [0.5, 0.6) is 0 Å². The van der Waals surface area contributed by atoms with Crippen LogP contribution in [-0.4, -0.2) is 59.0 Å². The number of aromatic nitrogens is 2. The number of carbonyl (C=O) groups excluding carboxylic acids is 1. The molecule has 0 bridgehead atoms. The van der Waals surface area contributed by atoms with Crippen molar-refractivity contribution in [2.45, 2.75) is 50.8 Å². The van der Waals surface area contributed by atoms with Crippen molar-refractivity contribution in [3.8, 4) is 0 Å². The summed E-state index contributed by atoms with van der Waals surface area (Å²) in [4.78, 5) is 17.2. The maximum Gasteiger partial charge on any atom is 0.272 e. The lowest BCUT2D eigenvalue weighted by molar-refractivity contribution is -0.0390. The quantitative estimate of drug-likeness (QED) is 0.814. The fourth-order valence-electron chi connectivity index (χ4n) is 4.47. The maximum absolute atomic E-state index is 13.0. The summed E-state index contributed by atoms with van der Waals surface area (Å²) in [6, 6.07) is 12.9. The molecule has 0 unspecified atom stereocenters. The van der Waals surface area contributed by atoms with E-state index < -0.39 is 0 Å². The zero-order chi connectivity index (χ0) is 19.7. The monoisotopic (exact) mass is 382 g/mol. The Bertz CT molecular complexity index is 809. The van der Waals surface area contributed by atoms with E-state index in [1.165, 1.54) is 5.69 Å². The van der Waals surface area contributed by atoms with Gasteiger partial charge in [0.25, 0.3) is 5.91 Å². The summed E-state index contributed by atoms with van der Waals surface area (Å²) in [5, 5.41) is 4.30. The van der Waals surface area contributed by atoms with Gasteiger partial charge in [-0.1, -0.05) is 18.2 Å². The molecule has 0 radical (unpaired) electrons. The average molecular weight is 383 g/mol. The Balaban J connectivity index is 1.38. The first-order chi connectivity index (χ1) is 13.5. The predicted molar refractivity (Wildman–Crippen MR) is 110 cm³/mol. The normalized spacial score (nSPS) is 21.4. The first-order valence-electron chi connectivity index (χ1n) is 10.2. The van der Waals surface area contributed by atoms with Crippen molar-refractivity contribution in [2.24, 2.45) is 0 Å². The Kier molecular flexibility index (Phi) is 5.15. The van der Waals surface area contributed by atoms with Crippen LogP contribution in [-0.2, 0) is 4.74 Å². The number of nitrogens with zero attached hydrogens (tertiary/aromatic N) is 4. The Hall–Kier alpha value is -2.34. The molecule has 1 aromatic heterocycles. The molecule has 2 aliphatic rings. The van der Waals surface area contributed by atoms with E-state index in [0.717, 1.165) is 39.0 Å². The number of amides is 1. The van der Waals surface area contributed by atoms with E-state index in [1.807, 2.05) is 35.6 Å². The number of rotatable bonds is 4. The third-order valence-electron chi connectivity index (χ3n) is 6.24. The molecule has 0 aliphatic carbocycles. The molecule has 3 heterocycles. The summed E-state index contributed by atoms with van der Waals surface area (Å²) >= 11 is 0. The zero-order valence-corrected chi connectivity index (χ0v) is 17.0. The van der Waals surface area contributed by atoms with E-state index in [4.69, 9.17) is 4.74 Å². The van der Waals surface area contributed by atoms with Gasteiger partial charge in [0, 0.05) is 38.1 Å². The lowest BCUT2D eigenvalue weighted by atomic mass is 9.87. The number of likely N-dealkylation sites (tertiary alicyclic amines) is 1. The van der Waals surface area contributed by atoms with Crippen molar-refractivity contribution >= 4 is 11.6 Å². The minimum Gasteiger partial charge on any atom is -0.373 e. The molecule has 6 heteroatoms. The van der Waals surface area contributed by atoms with Crippen LogP contribution in [0.3, 0.4) is 0 Å². The molecule has 4 rings (SSSR count). The fraction of sp³-hybridized carbons (Fsp3) is 0.545. The lowest BCUT2D eigenvalue weighted by Gasteiger charge is -2.39. The molecule has 6 nitrogen and oxygen atoms in total. The second kappa shape index (κ2) is 7.59. The molecule has 28 heavy (non-hydrogen) atoms. The number of carbonyl (C=O) groups is 1. The van der Waals surface area contributed by atoms with Gasteiger partial charge in [-0.25, -0.2) is 0 Å². The van der Waals surface area contributed by atoms with E-state index in [-0.39, 0.29) is 17.6 Å². The molecule has 0 saturated carbocycles. The highest BCUT2D eigenvalue weighted by Gasteiger charge is 2.44. The molecule has 1 aromatic carbocycles. The highest BCUT2D eigenvalue weighted by molar-refractivity contribution is 5.92. The second-order valence-corrected chi connectivity index (χ2v) is 8.35. The van der Waals surface area contributed by atoms with Gasteiger partial charge in [0.05, 0.1) is 18.2 Å². The molecule has 1 atom stereocenters. The van der Waals surface area contributed by atoms with Gasteiger partial charge < -0.3 is 14.5 Å². The topological polar surface area (TPSA) is 50.6 Å². The Morgan fingerprint density at radius 3 is 2.61 bits per heavy atom. The van der Waals surface area contributed by atoms with Gasteiger partial charge in [-0.3, -0.25) is 9.48 Å². The standard InChI is InChI=1S/C22H30N4O2/c1-17(2)26-20(9-12-23-26)21(27)25-13-10-22(11-14-25)15-19(16-28-22)24(3)18-7-5-4-6-8-18/h4-9,12,17,19H,10-11,13-16H2,1-3H3/t19-/m1/s1. The van der Waals surface area contributed by atoms with Crippen molar-refractivity contribution in [1.82, 2.24) is 14.7 Å². The summed E-state index contributed by atoms with van der Waals surface area (Å²) in [5.41, 5.74) is 1.81. The van der Waals surface area contributed by atoms with Gasteiger partial charge in [-0.15, -0.1) is 0 Å².